The maximum absolute atomic E-state index is 13.2. The molecular weight excluding hydrogens is 461 g/mol. The summed E-state index contributed by atoms with van der Waals surface area (Å²) < 4.78 is 24.9. The average Bonchev–Trinajstić information content (AvgIpc) is 2.52. The molecule has 25 heavy (non-hydrogen) atoms. The fourth-order valence-corrected chi connectivity index (χ4v) is 3.57. The van der Waals surface area contributed by atoms with Crippen LogP contribution in [0.4, 0.5) is 10.1 Å². The largest absolute Gasteiger partial charge is 0.449 e. The van der Waals surface area contributed by atoms with Crippen molar-refractivity contribution in [3.8, 4) is 11.5 Å². The molecule has 1 aliphatic heterocycles. The monoisotopic (exact) mass is 469 g/mol. The van der Waals surface area contributed by atoms with Gasteiger partial charge >= 0.3 is 5.97 Å². The molecule has 5 nitrogen and oxygen atoms in total. The zero-order chi connectivity index (χ0) is 18.1. The van der Waals surface area contributed by atoms with Gasteiger partial charge in [0, 0.05) is 13.0 Å². The predicted molar refractivity (Wildman–Crippen MR) is 96.8 cm³/mol. The van der Waals surface area contributed by atoms with Gasteiger partial charge in [0.05, 0.1) is 14.6 Å². The summed E-state index contributed by atoms with van der Waals surface area (Å²) in [6.45, 7) is 1.30. The topological polar surface area (TPSA) is 64.6 Å². The summed E-state index contributed by atoms with van der Waals surface area (Å²) in [5.74, 6) is -0.672. The van der Waals surface area contributed by atoms with Gasteiger partial charge in [0.1, 0.15) is 5.82 Å². The lowest BCUT2D eigenvalue weighted by Gasteiger charge is -2.20. The minimum absolute atomic E-state index is 0.0538. The van der Waals surface area contributed by atoms with E-state index in [9.17, 15) is 14.0 Å². The van der Waals surface area contributed by atoms with E-state index < -0.39 is 17.7 Å². The Balaban J connectivity index is 1.94. The summed E-state index contributed by atoms with van der Waals surface area (Å²) in [6, 6.07) is 7.22. The van der Waals surface area contributed by atoms with Gasteiger partial charge in [0.2, 0.25) is 0 Å². The third-order valence-corrected chi connectivity index (χ3v) is 4.38. The molecule has 0 aliphatic carbocycles. The Bertz CT molecular complexity index is 904. The van der Waals surface area contributed by atoms with Crippen molar-refractivity contribution in [1.82, 2.24) is 0 Å². The van der Waals surface area contributed by atoms with E-state index in [1.54, 1.807) is 12.1 Å². The van der Waals surface area contributed by atoms with Crippen LogP contribution >= 0.6 is 31.9 Å². The van der Waals surface area contributed by atoms with E-state index in [0.29, 0.717) is 26.0 Å². The van der Waals surface area contributed by atoms with Gasteiger partial charge in [-0.2, -0.15) is 0 Å². The lowest BCUT2D eigenvalue weighted by molar-refractivity contribution is -0.132. The molecule has 8 heteroatoms. The van der Waals surface area contributed by atoms with Gasteiger partial charge in [-0.1, -0.05) is 0 Å². The maximum Gasteiger partial charge on any atom is 0.308 e. The molecule has 0 saturated carbocycles. The molecule has 0 radical (unpaired) electrons. The van der Waals surface area contributed by atoms with Gasteiger partial charge in [0.25, 0.3) is 5.91 Å². The van der Waals surface area contributed by atoms with E-state index in [-0.39, 0.29) is 11.4 Å². The van der Waals surface area contributed by atoms with Crippen molar-refractivity contribution in [3.63, 3.8) is 0 Å². The molecule has 0 fully saturated rings. The molecule has 128 valence electrons. The standard InChI is InChI=1S/C17H10Br2FNO4/c1-8(22)24-16-11(18)4-9(5-12(16)19)6-15-17(23)21-13-7-10(20)2-3-14(13)25-15/h2-7H,1H3,(H,21,23)/b15-6-. The molecule has 1 heterocycles. The molecule has 0 aromatic heterocycles. The number of halogens is 3. The van der Waals surface area contributed by atoms with Crippen LogP contribution in [0, 0.1) is 5.82 Å². The number of carbonyl (C=O) groups excluding carboxylic acids is 2. The minimum Gasteiger partial charge on any atom is -0.449 e. The van der Waals surface area contributed by atoms with Gasteiger partial charge in [-0.25, -0.2) is 4.39 Å². The van der Waals surface area contributed by atoms with Crippen LogP contribution in [0.3, 0.4) is 0 Å². The van der Waals surface area contributed by atoms with Gasteiger partial charge in [-0.15, -0.1) is 0 Å². The molecule has 2 aromatic rings. The first kappa shape index (κ1) is 17.6. The van der Waals surface area contributed by atoms with Crippen molar-refractivity contribution in [1.29, 1.82) is 0 Å². The zero-order valence-corrected chi connectivity index (χ0v) is 15.9. The van der Waals surface area contributed by atoms with Crippen LogP contribution in [0.15, 0.2) is 45.0 Å². The highest BCUT2D eigenvalue weighted by atomic mass is 79.9. The maximum atomic E-state index is 13.2. The third kappa shape index (κ3) is 3.91. The van der Waals surface area contributed by atoms with E-state index in [4.69, 9.17) is 9.47 Å². The first-order chi connectivity index (χ1) is 11.8. The SMILES string of the molecule is CC(=O)Oc1c(Br)cc(/C=C2\Oc3ccc(F)cc3NC2=O)cc1Br. The molecular formula is C17H10Br2FNO4. The molecule has 1 amide bonds. The quantitative estimate of drug-likeness (QED) is 0.394. The molecule has 1 aliphatic rings. The summed E-state index contributed by atoms with van der Waals surface area (Å²) in [4.78, 5) is 23.3. The number of benzene rings is 2. The second-order valence-corrected chi connectivity index (χ2v) is 6.82. The molecule has 0 unspecified atom stereocenters. The summed E-state index contributed by atoms with van der Waals surface area (Å²) in [7, 11) is 0. The normalized spacial score (nSPS) is 14.6. The van der Waals surface area contributed by atoms with Crippen LogP contribution < -0.4 is 14.8 Å². The highest BCUT2D eigenvalue weighted by Gasteiger charge is 2.22. The Morgan fingerprint density at radius 3 is 2.56 bits per heavy atom. The predicted octanol–water partition coefficient (Wildman–Crippen LogP) is 4.65. The van der Waals surface area contributed by atoms with E-state index in [1.807, 2.05) is 0 Å². The Hall–Kier alpha value is -2.19. The molecule has 0 spiro atoms. The molecule has 2 aromatic carbocycles. The number of anilines is 1. The number of rotatable bonds is 2. The van der Waals surface area contributed by atoms with Crippen LogP contribution in [-0.2, 0) is 9.59 Å². The van der Waals surface area contributed by atoms with Crippen LogP contribution in [-0.4, -0.2) is 11.9 Å². The van der Waals surface area contributed by atoms with Crippen LogP contribution in [0.2, 0.25) is 0 Å². The number of hydrogen-bond donors (Lipinski definition) is 1. The van der Waals surface area contributed by atoms with E-state index in [1.165, 1.54) is 31.2 Å². The first-order valence-corrected chi connectivity index (χ1v) is 8.60. The van der Waals surface area contributed by atoms with Crippen molar-refractivity contribution in [2.75, 3.05) is 5.32 Å². The average molecular weight is 471 g/mol. The molecule has 0 saturated heterocycles. The lowest BCUT2D eigenvalue weighted by atomic mass is 10.1. The van der Waals surface area contributed by atoms with E-state index in [2.05, 4.69) is 37.2 Å². The molecule has 1 N–H and O–H groups in total. The van der Waals surface area contributed by atoms with E-state index in [0.717, 1.165) is 0 Å². The number of hydrogen-bond acceptors (Lipinski definition) is 4. The smallest absolute Gasteiger partial charge is 0.308 e. The van der Waals surface area contributed by atoms with Crippen molar-refractivity contribution < 1.29 is 23.5 Å². The van der Waals surface area contributed by atoms with Gasteiger partial charge in [0.15, 0.2) is 17.3 Å². The van der Waals surface area contributed by atoms with Crippen LogP contribution in [0.25, 0.3) is 6.08 Å². The summed E-state index contributed by atoms with van der Waals surface area (Å²) in [6.07, 6.45) is 1.52. The van der Waals surface area contributed by atoms with Crippen LogP contribution in [0.5, 0.6) is 11.5 Å². The van der Waals surface area contributed by atoms with Gasteiger partial charge in [-0.3, -0.25) is 9.59 Å². The summed E-state index contributed by atoms with van der Waals surface area (Å²) in [5, 5.41) is 2.57. The van der Waals surface area contributed by atoms with Gasteiger partial charge in [-0.05, 0) is 67.8 Å². The summed E-state index contributed by atoms with van der Waals surface area (Å²) in [5.41, 5.74) is 0.903. The van der Waals surface area contributed by atoms with Crippen molar-refractivity contribution in [3.05, 3.63) is 56.4 Å². The van der Waals surface area contributed by atoms with Crippen molar-refractivity contribution >= 4 is 55.5 Å². The van der Waals surface area contributed by atoms with E-state index >= 15 is 0 Å². The summed E-state index contributed by atoms with van der Waals surface area (Å²) >= 11 is 6.64. The number of nitrogens with one attached hydrogen (secondary N) is 1. The Kier molecular flexibility index (Phi) is 4.91. The third-order valence-electron chi connectivity index (χ3n) is 3.20. The fraction of sp³-hybridized carbons (Fsp3) is 0.0588. The molecule has 0 atom stereocenters. The number of carbonyl (C=O) groups is 2. The number of amides is 1. The lowest BCUT2D eigenvalue weighted by Crippen LogP contribution is -2.23. The number of esters is 1. The fourth-order valence-electron chi connectivity index (χ4n) is 2.19. The van der Waals surface area contributed by atoms with Gasteiger partial charge < -0.3 is 14.8 Å². The highest BCUT2D eigenvalue weighted by molar-refractivity contribution is 9.11. The van der Waals surface area contributed by atoms with Crippen molar-refractivity contribution in [2.24, 2.45) is 0 Å². The zero-order valence-electron chi connectivity index (χ0n) is 12.7. The molecule has 0 bridgehead atoms. The number of fused-ring (bicyclic) bond motifs is 1. The second-order valence-electron chi connectivity index (χ2n) is 5.11. The minimum atomic E-state index is -0.491. The highest BCUT2D eigenvalue weighted by Crippen LogP contribution is 2.36. The second kappa shape index (κ2) is 6.97. The Morgan fingerprint density at radius 1 is 1.24 bits per heavy atom. The van der Waals surface area contributed by atoms with Crippen LogP contribution in [0.1, 0.15) is 12.5 Å². The number of ether oxygens (including phenoxy) is 2. The Labute approximate surface area is 159 Å². The van der Waals surface area contributed by atoms with Crippen molar-refractivity contribution in [2.45, 2.75) is 6.92 Å². The Morgan fingerprint density at radius 2 is 1.92 bits per heavy atom. The molecule has 3 rings (SSSR count). The first-order valence-electron chi connectivity index (χ1n) is 7.01.